The van der Waals surface area contributed by atoms with Gasteiger partial charge in [-0.2, -0.15) is 0 Å². The van der Waals surface area contributed by atoms with Gasteiger partial charge in [-0.1, -0.05) is 0 Å². The fourth-order valence-electron chi connectivity index (χ4n) is 1.34. The molecule has 1 aromatic heterocycles. The van der Waals surface area contributed by atoms with E-state index < -0.39 is 11.8 Å². The third-order valence-electron chi connectivity index (χ3n) is 2.02. The van der Waals surface area contributed by atoms with E-state index in [1.165, 1.54) is 23.5 Å². The predicted molar refractivity (Wildman–Crippen MR) is 61.9 cm³/mol. The average Bonchev–Trinajstić information content (AvgIpc) is 2.64. The Hall–Kier alpha value is -1.53. The van der Waals surface area contributed by atoms with E-state index in [4.69, 9.17) is 17.3 Å². The zero-order chi connectivity index (χ0) is 11.7. The Morgan fingerprint density at radius 1 is 1.50 bits per heavy atom. The van der Waals surface area contributed by atoms with Crippen molar-refractivity contribution in [1.82, 2.24) is 4.98 Å². The Morgan fingerprint density at radius 3 is 2.81 bits per heavy atom. The molecular formula is C10H6FNO2S2. The molecular weight excluding hydrogens is 249 g/mol. The number of hydrogen-bond donors (Lipinski definition) is 2. The molecule has 0 saturated carbocycles. The standard InChI is InChI=1S/C10H6FNO2S2/c11-5-1-2-6(9(13)14)7(3-5)8-4-16-10(15)12-8/h1-4H,(H,12,15)(H,13,14). The first-order valence-corrected chi connectivity index (χ1v) is 5.58. The van der Waals surface area contributed by atoms with E-state index in [-0.39, 0.29) is 5.56 Å². The SMILES string of the molecule is O=C(O)c1ccc(F)cc1-c1csc(=S)[nH]1. The van der Waals surface area contributed by atoms with E-state index in [2.05, 4.69) is 4.98 Å². The van der Waals surface area contributed by atoms with Crippen molar-refractivity contribution in [3.05, 3.63) is 38.9 Å². The number of aromatic nitrogens is 1. The number of halogens is 1. The molecule has 0 atom stereocenters. The zero-order valence-electron chi connectivity index (χ0n) is 7.86. The Balaban J connectivity index is 2.66. The minimum atomic E-state index is -1.10. The average molecular weight is 255 g/mol. The van der Waals surface area contributed by atoms with Gasteiger partial charge < -0.3 is 10.1 Å². The fourth-order valence-corrected chi connectivity index (χ4v) is 2.17. The first kappa shape index (κ1) is 11.0. The lowest BCUT2D eigenvalue weighted by Crippen LogP contribution is -2.00. The highest BCUT2D eigenvalue weighted by Gasteiger charge is 2.13. The minimum Gasteiger partial charge on any atom is -0.478 e. The van der Waals surface area contributed by atoms with Crippen LogP contribution in [0.15, 0.2) is 23.6 Å². The summed E-state index contributed by atoms with van der Waals surface area (Å²) in [5.74, 6) is -1.58. The smallest absolute Gasteiger partial charge is 0.336 e. The number of carbonyl (C=O) groups is 1. The Kier molecular flexibility index (Phi) is 2.84. The molecule has 0 bridgehead atoms. The number of aromatic carboxylic acids is 1. The highest BCUT2D eigenvalue weighted by molar-refractivity contribution is 7.73. The normalized spacial score (nSPS) is 10.3. The number of H-pyrrole nitrogens is 1. The second-order valence-electron chi connectivity index (χ2n) is 3.06. The van der Waals surface area contributed by atoms with E-state index in [1.807, 2.05) is 0 Å². The molecule has 0 spiro atoms. The number of carboxylic acid groups (broad SMARTS) is 1. The Morgan fingerprint density at radius 2 is 2.25 bits per heavy atom. The number of thiazole rings is 1. The van der Waals surface area contributed by atoms with Gasteiger partial charge in [-0.25, -0.2) is 9.18 Å². The maximum Gasteiger partial charge on any atom is 0.336 e. The van der Waals surface area contributed by atoms with Crippen LogP contribution in [0.2, 0.25) is 0 Å². The van der Waals surface area contributed by atoms with E-state index in [9.17, 15) is 9.18 Å². The molecule has 0 aliphatic rings. The number of nitrogens with one attached hydrogen (secondary N) is 1. The summed E-state index contributed by atoms with van der Waals surface area (Å²) in [6, 6.07) is 3.53. The topological polar surface area (TPSA) is 53.1 Å². The predicted octanol–water partition coefficient (Wildman–Crippen LogP) is 3.31. The van der Waals surface area contributed by atoms with Gasteiger partial charge in [-0.05, 0) is 30.4 Å². The van der Waals surface area contributed by atoms with Gasteiger partial charge >= 0.3 is 5.97 Å². The summed E-state index contributed by atoms with van der Waals surface area (Å²) in [6.07, 6.45) is 0. The fraction of sp³-hybridized carbons (Fsp3) is 0. The van der Waals surface area contributed by atoms with E-state index in [1.54, 1.807) is 5.38 Å². The lowest BCUT2D eigenvalue weighted by atomic mass is 10.1. The highest BCUT2D eigenvalue weighted by atomic mass is 32.1. The van der Waals surface area contributed by atoms with Gasteiger partial charge in [0.05, 0.1) is 11.3 Å². The quantitative estimate of drug-likeness (QED) is 0.809. The molecule has 2 N–H and O–H groups in total. The number of rotatable bonds is 2. The molecule has 0 unspecified atom stereocenters. The molecule has 3 nitrogen and oxygen atoms in total. The molecule has 1 heterocycles. The zero-order valence-corrected chi connectivity index (χ0v) is 9.49. The summed E-state index contributed by atoms with van der Waals surface area (Å²) in [5.41, 5.74) is 0.872. The van der Waals surface area contributed by atoms with Crippen LogP contribution in [0.1, 0.15) is 10.4 Å². The van der Waals surface area contributed by atoms with Crippen molar-refractivity contribution in [2.75, 3.05) is 0 Å². The van der Waals surface area contributed by atoms with Crippen LogP contribution < -0.4 is 0 Å². The minimum absolute atomic E-state index is 0.0467. The van der Waals surface area contributed by atoms with Crippen LogP contribution in [0, 0.1) is 9.77 Å². The van der Waals surface area contributed by atoms with Gasteiger partial charge in [-0.3, -0.25) is 0 Å². The maximum absolute atomic E-state index is 13.1. The molecule has 0 radical (unpaired) electrons. The molecule has 0 saturated heterocycles. The Labute approximate surface area is 99.2 Å². The lowest BCUT2D eigenvalue weighted by Gasteiger charge is -2.03. The first-order valence-electron chi connectivity index (χ1n) is 4.29. The van der Waals surface area contributed by atoms with Gasteiger partial charge in [0.15, 0.2) is 3.95 Å². The molecule has 6 heteroatoms. The molecule has 0 amide bonds. The molecule has 2 rings (SSSR count). The van der Waals surface area contributed by atoms with Gasteiger partial charge in [0.25, 0.3) is 0 Å². The third kappa shape index (κ3) is 2.02. The van der Waals surface area contributed by atoms with Gasteiger partial charge in [0.1, 0.15) is 5.82 Å². The molecule has 2 aromatic rings. The summed E-state index contributed by atoms with van der Waals surface area (Å²) in [7, 11) is 0. The van der Waals surface area contributed by atoms with E-state index in [0.29, 0.717) is 15.2 Å². The molecule has 0 aliphatic carbocycles. The molecule has 82 valence electrons. The van der Waals surface area contributed by atoms with Crippen LogP contribution in [0.25, 0.3) is 11.3 Å². The van der Waals surface area contributed by atoms with Crippen molar-refractivity contribution in [3.8, 4) is 11.3 Å². The summed E-state index contributed by atoms with van der Waals surface area (Å²) >= 11 is 6.17. The molecule has 0 fully saturated rings. The summed E-state index contributed by atoms with van der Waals surface area (Å²) < 4.78 is 13.6. The van der Waals surface area contributed by atoms with Crippen molar-refractivity contribution < 1.29 is 14.3 Å². The van der Waals surface area contributed by atoms with Crippen molar-refractivity contribution in [2.24, 2.45) is 0 Å². The molecule has 16 heavy (non-hydrogen) atoms. The van der Waals surface area contributed by atoms with Crippen LogP contribution >= 0.6 is 23.6 Å². The number of benzene rings is 1. The summed E-state index contributed by atoms with van der Waals surface area (Å²) in [5, 5.41) is 10.6. The van der Waals surface area contributed by atoms with Gasteiger partial charge in [-0.15, -0.1) is 11.3 Å². The van der Waals surface area contributed by atoms with Crippen molar-refractivity contribution in [1.29, 1.82) is 0 Å². The molecule has 1 aromatic carbocycles. The number of hydrogen-bond acceptors (Lipinski definition) is 3. The Bertz CT molecular complexity index is 603. The first-order chi connectivity index (χ1) is 7.58. The van der Waals surface area contributed by atoms with Crippen molar-refractivity contribution in [3.63, 3.8) is 0 Å². The van der Waals surface area contributed by atoms with Crippen LogP contribution in [0.5, 0.6) is 0 Å². The van der Waals surface area contributed by atoms with Crippen LogP contribution in [0.3, 0.4) is 0 Å². The van der Waals surface area contributed by atoms with Gasteiger partial charge in [0, 0.05) is 10.9 Å². The maximum atomic E-state index is 13.1. The summed E-state index contributed by atoms with van der Waals surface area (Å²) in [6.45, 7) is 0. The largest absolute Gasteiger partial charge is 0.478 e. The van der Waals surface area contributed by atoms with Crippen LogP contribution in [-0.2, 0) is 0 Å². The van der Waals surface area contributed by atoms with Crippen LogP contribution in [0.4, 0.5) is 4.39 Å². The highest BCUT2D eigenvalue weighted by Crippen LogP contribution is 2.25. The second kappa shape index (κ2) is 4.15. The van der Waals surface area contributed by atoms with E-state index >= 15 is 0 Å². The number of carboxylic acids is 1. The monoisotopic (exact) mass is 255 g/mol. The number of aromatic amines is 1. The van der Waals surface area contributed by atoms with Crippen molar-refractivity contribution >= 4 is 29.5 Å². The second-order valence-corrected chi connectivity index (χ2v) is 4.60. The van der Waals surface area contributed by atoms with Crippen LogP contribution in [-0.4, -0.2) is 16.1 Å². The lowest BCUT2D eigenvalue weighted by molar-refractivity contribution is 0.0697. The molecule has 0 aliphatic heterocycles. The third-order valence-corrected chi connectivity index (χ3v) is 3.08. The summed E-state index contributed by atoms with van der Waals surface area (Å²) in [4.78, 5) is 13.8. The van der Waals surface area contributed by atoms with E-state index in [0.717, 1.165) is 6.07 Å². The van der Waals surface area contributed by atoms with Crippen molar-refractivity contribution in [2.45, 2.75) is 0 Å². The van der Waals surface area contributed by atoms with Gasteiger partial charge in [0.2, 0.25) is 0 Å².